The molecule has 31 heavy (non-hydrogen) atoms. The van der Waals surface area contributed by atoms with E-state index in [9.17, 15) is 9.59 Å². The zero-order valence-electron chi connectivity index (χ0n) is 17.5. The highest BCUT2D eigenvalue weighted by Gasteiger charge is 2.27. The molecule has 1 aliphatic heterocycles. The monoisotopic (exact) mass is 419 g/mol. The average molecular weight is 419 g/mol. The van der Waals surface area contributed by atoms with Crippen molar-refractivity contribution in [2.24, 2.45) is 5.92 Å². The van der Waals surface area contributed by atoms with Crippen molar-refractivity contribution < 1.29 is 9.53 Å². The van der Waals surface area contributed by atoms with Crippen molar-refractivity contribution in [3.8, 4) is 11.6 Å². The van der Waals surface area contributed by atoms with Crippen molar-refractivity contribution in [1.82, 2.24) is 24.0 Å². The molecule has 1 saturated carbocycles. The van der Waals surface area contributed by atoms with Crippen LogP contribution < -0.4 is 10.3 Å². The lowest BCUT2D eigenvalue weighted by atomic mass is 10.2. The summed E-state index contributed by atoms with van der Waals surface area (Å²) in [5.74, 6) is 1.22. The summed E-state index contributed by atoms with van der Waals surface area (Å²) in [4.78, 5) is 36.4. The van der Waals surface area contributed by atoms with E-state index >= 15 is 0 Å². The third-order valence-electron chi connectivity index (χ3n) is 5.92. The van der Waals surface area contributed by atoms with E-state index in [-0.39, 0.29) is 11.5 Å². The highest BCUT2D eigenvalue weighted by molar-refractivity contribution is 5.93. The van der Waals surface area contributed by atoms with Crippen molar-refractivity contribution in [2.75, 3.05) is 13.2 Å². The van der Waals surface area contributed by atoms with Gasteiger partial charge in [-0.3, -0.25) is 9.59 Å². The van der Waals surface area contributed by atoms with Crippen molar-refractivity contribution in [1.29, 1.82) is 0 Å². The summed E-state index contributed by atoms with van der Waals surface area (Å²) in [6.07, 6.45) is 8.76. The molecule has 0 spiro atoms. The van der Waals surface area contributed by atoms with Crippen LogP contribution in [0.15, 0.2) is 47.8 Å². The summed E-state index contributed by atoms with van der Waals surface area (Å²) in [7, 11) is 0. The number of fused-ring (bicyclic) bond motifs is 1. The molecule has 8 heteroatoms. The van der Waals surface area contributed by atoms with Gasteiger partial charge in [-0.1, -0.05) is 18.9 Å². The van der Waals surface area contributed by atoms with E-state index in [1.165, 1.54) is 12.8 Å². The van der Waals surface area contributed by atoms with Gasteiger partial charge in [-0.05, 0) is 37.5 Å². The van der Waals surface area contributed by atoms with Crippen LogP contribution in [0.5, 0.6) is 5.88 Å². The number of aromatic nitrogens is 4. The molecule has 0 unspecified atom stereocenters. The lowest BCUT2D eigenvalue weighted by Gasteiger charge is -2.30. The Kier molecular flexibility index (Phi) is 5.05. The number of hydrogen-bond donors (Lipinski definition) is 0. The molecule has 8 nitrogen and oxygen atoms in total. The third-order valence-corrected chi connectivity index (χ3v) is 5.92. The molecule has 0 bridgehead atoms. The van der Waals surface area contributed by atoms with Crippen LogP contribution in [0.25, 0.3) is 5.69 Å². The van der Waals surface area contributed by atoms with Crippen molar-refractivity contribution in [2.45, 2.75) is 39.3 Å². The molecule has 160 valence electrons. The number of ether oxygens (including phenoxy) is 1. The molecule has 0 atom stereocenters. The van der Waals surface area contributed by atoms with E-state index in [2.05, 4.69) is 9.97 Å². The van der Waals surface area contributed by atoms with Gasteiger partial charge in [-0.15, -0.1) is 0 Å². The predicted octanol–water partition coefficient (Wildman–Crippen LogP) is 2.57. The van der Waals surface area contributed by atoms with E-state index in [0.29, 0.717) is 43.5 Å². The van der Waals surface area contributed by atoms with Crippen LogP contribution in [0.2, 0.25) is 0 Å². The topological polar surface area (TPSA) is 82.3 Å². The highest BCUT2D eigenvalue weighted by Crippen LogP contribution is 2.32. The standard InChI is InChI=1S/C23H25N5O3/c1-16-13-27(15-25-16)19-6-7-20-22(29)26(10-11-28(20)23(19)30)14-18-3-2-9-24-21(18)31-12-8-17-4-5-17/h2-3,6-7,9,13,15,17H,4-5,8,10-12,14H2,1H3. The number of carbonyl (C=O) groups is 1. The molecule has 3 aromatic heterocycles. The molecule has 0 radical (unpaired) electrons. The number of pyridine rings is 2. The van der Waals surface area contributed by atoms with E-state index < -0.39 is 0 Å². The third kappa shape index (κ3) is 3.97. The Bertz CT molecular complexity index is 1180. The second kappa shape index (κ2) is 8.02. The maximum Gasteiger partial charge on any atom is 0.275 e. The zero-order valence-corrected chi connectivity index (χ0v) is 17.5. The number of imidazole rings is 1. The largest absolute Gasteiger partial charge is 0.477 e. The number of amides is 1. The molecule has 0 saturated heterocycles. The summed E-state index contributed by atoms with van der Waals surface area (Å²) in [6, 6.07) is 7.21. The highest BCUT2D eigenvalue weighted by atomic mass is 16.5. The fourth-order valence-corrected chi connectivity index (χ4v) is 3.97. The summed E-state index contributed by atoms with van der Waals surface area (Å²) in [5.41, 5.74) is 2.42. The molecular formula is C23H25N5O3. The van der Waals surface area contributed by atoms with E-state index in [1.54, 1.807) is 44.9 Å². The first-order valence-corrected chi connectivity index (χ1v) is 10.7. The average Bonchev–Trinajstić information content (AvgIpc) is 3.50. The zero-order chi connectivity index (χ0) is 21.4. The Morgan fingerprint density at radius 3 is 2.77 bits per heavy atom. The predicted molar refractivity (Wildman–Crippen MR) is 114 cm³/mol. The van der Waals surface area contributed by atoms with Crippen LogP contribution >= 0.6 is 0 Å². The van der Waals surface area contributed by atoms with Crippen LogP contribution in [0.3, 0.4) is 0 Å². The van der Waals surface area contributed by atoms with Gasteiger partial charge in [-0.2, -0.15) is 0 Å². The first-order chi connectivity index (χ1) is 15.1. The molecule has 0 N–H and O–H groups in total. The molecule has 3 aromatic rings. The van der Waals surface area contributed by atoms with Crippen LogP contribution in [0.4, 0.5) is 0 Å². The first kappa shape index (κ1) is 19.5. The van der Waals surface area contributed by atoms with Crippen LogP contribution in [-0.4, -0.2) is 43.1 Å². The number of hydrogen-bond acceptors (Lipinski definition) is 5. The van der Waals surface area contributed by atoms with Gasteiger partial charge in [0.2, 0.25) is 5.88 Å². The number of carbonyl (C=O) groups excluding carboxylic acids is 1. The van der Waals surface area contributed by atoms with Gasteiger partial charge >= 0.3 is 0 Å². The maximum atomic E-state index is 13.1. The Morgan fingerprint density at radius 1 is 1.13 bits per heavy atom. The van der Waals surface area contributed by atoms with Gasteiger partial charge < -0.3 is 18.8 Å². The van der Waals surface area contributed by atoms with Gasteiger partial charge in [-0.25, -0.2) is 9.97 Å². The fourth-order valence-electron chi connectivity index (χ4n) is 3.97. The quantitative estimate of drug-likeness (QED) is 0.588. The van der Waals surface area contributed by atoms with E-state index in [4.69, 9.17) is 4.74 Å². The molecule has 2 aliphatic rings. The number of nitrogens with zero attached hydrogens (tertiary/aromatic N) is 5. The lowest BCUT2D eigenvalue weighted by Crippen LogP contribution is -2.44. The van der Waals surface area contributed by atoms with Gasteiger partial charge in [0.05, 0.1) is 25.2 Å². The molecule has 1 fully saturated rings. The van der Waals surface area contributed by atoms with Crippen LogP contribution in [0.1, 0.15) is 41.0 Å². The fraction of sp³-hybridized carbons (Fsp3) is 0.391. The number of rotatable bonds is 7. The van der Waals surface area contributed by atoms with Gasteiger partial charge in [0, 0.05) is 31.0 Å². The van der Waals surface area contributed by atoms with Gasteiger partial charge in [0.25, 0.3) is 11.5 Å². The SMILES string of the molecule is Cc1cn(-c2ccc3n(c2=O)CCN(Cc2cccnc2OCCC2CC2)C3=O)cn1. The molecule has 0 aromatic carbocycles. The molecule has 5 rings (SSSR count). The minimum absolute atomic E-state index is 0.163. The Balaban J connectivity index is 1.35. The number of aryl methyl sites for hydroxylation is 1. The molecular weight excluding hydrogens is 394 g/mol. The first-order valence-electron chi connectivity index (χ1n) is 10.7. The Hall–Kier alpha value is -3.42. The second-order valence-corrected chi connectivity index (χ2v) is 8.26. The smallest absolute Gasteiger partial charge is 0.275 e. The Morgan fingerprint density at radius 2 is 2.00 bits per heavy atom. The summed E-state index contributed by atoms with van der Waals surface area (Å²) in [5, 5.41) is 0. The summed E-state index contributed by atoms with van der Waals surface area (Å²) >= 11 is 0. The van der Waals surface area contributed by atoms with E-state index in [0.717, 1.165) is 23.6 Å². The van der Waals surface area contributed by atoms with Crippen molar-refractivity contribution >= 4 is 5.91 Å². The van der Waals surface area contributed by atoms with E-state index in [1.807, 2.05) is 19.1 Å². The molecule has 1 amide bonds. The maximum absolute atomic E-state index is 13.1. The van der Waals surface area contributed by atoms with Crippen molar-refractivity contribution in [3.63, 3.8) is 0 Å². The second-order valence-electron chi connectivity index (χ2n) is 8.26. The normalized spacial score (nSPS) is 15.8. The Labute approximate surface area is 180 Å². The van der Waals surface area contributed by atoms with Crippen LogP contribution in [-0.2, 0) is 13.1 Å². The summed E-state index contributed by atoms with van der Waals surface area (Å²) < 4.78 is 9.16. The molecule has 4 heterocycles. The minimum atomic E-state index is -0.187. The molecule has 1 aliphatic carbocycles. The lowest BCUT2D eigenvalue weighted by molar-refractivity contribution is 0.0684. The minimum Gasteiger partial charge on any atom is -0.477 e. The van der Waals surface area contributed by atoms with Gasteiger partial charge in [0.15, 0.2) is 0 Å². The van der Waals surface area contributed by atoms with Crippen LogP contribution in [0, 0.1) is 12.8 Å². The van der Waals surface area contributed by atoms with Crippen molar-refractivity contribution in [3.05, 3.63) is 70.3 Å². The summed E-state index contributed by atoms with van der Waals surface area (Å²) in [6.45, 7) is 3.82. The van der Waals surface area contributed by atoms with Gasteiger partial charge in [0.1, 0.15) is 11.4 Å².